The van der Waals surface area contributed by atoms with Crippen molar-refractivity contribution in [2.45, 2.75) is 37.6 Å². The fourth-order valence-corrected chi connectivity index (χ4v) is 4.39. The van der Waals surface area contributed by atoms with Crippen LogP contribution in [0, 0.1) is 0 Å². The summed E-state index contributed by atoms with van der Waals surface area (Å²) in [4.78, 5) is 14.1. The van der Waals surface area contributed by atoms with Gasteiger partial charge in [-0.2, -0.15) is 4.31 Å². The Labute approximate surface area is 148 Å². The molecule has 1 saturated heterocycles. The summed E-state index contributed by atoms with van der Waals surface area (Å²) in [5.74, 6) is 0. The van der Waals surface area contributed by atoms with Crippen molar-refractivity contribution in [3.05, 3.63) is 29.3 Å². The first kappa shape index (κ1) is 19.0. The Morgan fingerprint density at radius 2 is 1.83 bits per heavy atom. The number of carbonyl (C=O) groups excluding carboxylic acids is 1. The zero-order chi connectivity index (χ0) is 17.7. The maximum Gasteiger partial charge on any atom is 0.317 e. The number of halogens is 1. The van der Waals surface area contributed by atoms with Crippen molar-refractivity contribution in [1.82, 2.24) is 14.5 Å². The number of urea groups is 1. The lowest BCUT2D eigenvalue weighted by Gasteiger charge is -2.34. The van der Waals surface area contributed by atoms with E-state index >= 15 is 0 Å². The first-order chi connectivity index (χ1) is 11.4. The summed E-state index contributed by atoms with van der Waals surface area (Å²) in [6.07, 6.45) is 1.76. The molecule has 0 spiro atoms. The molecule has 2 rings (SSSR count). The van der Waals surface area contributed by atoms with E-state index in [4.69, 9.17) is 11.6 Å². The molecule has 0 aromatic heterocycles. The number of sulfonamides is 1. The van der Waals surface area contributed by atoms with Gasteiger partial charge in [0, 0.05) is 37.2 Å². The van der Waals surface area contributed by atoms with Crippen LogP contribution < -0.4 is 5.32 Å². The summed E-state index contributed by atoms with van der Waals surface area (Å²) in [6, 6.07) is 6.28. The third-order valence-electron chi connectivity index (χ3n) is 4.27. The second-order valence-electron chi connectivity index (χ2n) is 5.81. The molecule has 8 heteroatoms. The minimum absolute atomic E-state index is 0.122. The van der Waals surface area contributed by atoms with Crippen LogP contribution in [0.1, 0.15) is 26.7 Å². The number of carbonyl (C=O) groups is 1. The van der Waals surface area contributed by atoms with Gasteiger partial charge in [0.2, 0.25) is 10.0 Å². The number of piperazine rings is 1. The van der Waals surface area contributed by atoms with Gasteiger partial charge in [0.25, 0.3) is 0 Å². The first-order valence-electron chi connectivity index (χ1n) is 8.19. The molecule has 1 N–H and O–H groups in total. The molecule has 0 saturated carbocycles. The van der Waals surface area contributed by atoms with E-state index < -0.39 is 10.0 Å². The van der Waals surface area contributed by atoms with Crippen molar-refractivity contribution < 1.29 is 13.2 Å². The highest BCUT2D eigenvalue weighted by molar-refractivity contribution is 7.89. The maximum absolute atomic E-state index is 12.6. The third-order valence-corrected chi connectivity index (χ3v) is 6.40. The Morgan fingerprint density at radius 3 is 2.38 bits per heavy atom. The molecule has 1 aromatic carbocycles. The fraction of sp³-hybridized carbons (Fsp3) is 0.562. The van der Waals surface area contributed by atoms with Gasteiger partial charge in [-0.1, -0.05) is 31.5 Å². The molecule has 1 fully saturated rings. The van der Waals surface area contributed by atoms with E-state index in [1.807, 2.05) is 13.8 Å². The molecule has 0 unspecified atom stereocenters. The average Bonchev–Trinajstić information content (AvgIpc) is 2.59. The molecule has 6 nitrogen and oxygen atoms in total. The van der Waals surface area contributed by atoms with Gasteiger partial charge in [0.1, 0.15) is 0 Å². The van der Waals surface area contributed by atoms with Crippen LogP contribution in [0.2, 0.25) is 5.02 Å². The Balaban J connectivity index is 1.98. The third kappa shape index (κ3) is 4.40. The lowest BCUT2D eigenvalue weighted by molar-refractivity contribution is 0.168. The standard InChI is InChI=1S/C16H24ClN3O3S/c1-3-14(4-2)18-16(21)19-8-10-20(11-9-19)24(22,23)15-7-5-6-13(17)12-15/h5-7,12,14H,3-4,8-11H2,1-2H3,(H,18,21). The lowest BCUT2D eigenvalue weighted by atomic mass is 10.2. The molecule has 134 valence electrons. The van der Waals surface area contributed by atoms with Gasteiger partial charge < -0.3 is 10.2 Å². The van der Waals surface area contributed by atoms with E-state index in [1.165, 1.54) is 16.4 Å². The van der Waals surface area contributed by atoms with Gasteiger partial charge in [-0.3, -0.25) is 0 Å². The van der Waals surface area contributed by atoms with Crippen molar-refractivity contribution in [1.29, 1.82) is 0 Å². The van der Waals surface area contributed by atoms with E-state index in [0.29, 0.717) is 18.1 Å². The topological polar surface area (TPSA) is 69.7 Å². The van der Waals surface area contributed by atoms with Crippen LogP contribution in [-0.4, -0.2) is 55.9 Å². The number of benzene rings is 1. The summed E-state index contributed by atoms with van der Waals surface area (Å²) >= 11 is 5.89. The van der Waals surface area contributed by atoms with Gasteiger partial charge >= 0.3 is 6.03 Å². The Hall–Kier alpha value is -1.31. The molecule has 1 heterocycles. The minimum Gasteiger partial charge on any atom is -0.335 e. The SMILES string of the molecule is CCC(CC)NC(=O)N1CCN(S(=O)(=O)c2cccc(Cl)c2)CC1. The largest absolute Gasteiger partial charge is 0.335 e. The second kappa shape index (κ2) is 8.18. The van der Waals surface area contributed by atoms with E-state index in [2.05, 4.69) is 5.32 Å². The van der Waals surface area contributed by atoms with Gasteiger partial charge in [0.15, 0.2) is 0 Å². The van der Waals surface area contributed by atoms with Gasteiger partial charge in [-0.25, -0.2) is 13.2 Å². The molecule has 1 aromatic rings. The number of rotatable bonds is 5. The van der Waals surface area contributed by atoms with Crippen molar-refractivity contribution in [2.75, 3.05) is 26.2 Å². The number of nitrogens with one attached hydrogen (secondary N) is 1. The molecular formula is C16H24ClN3O3S. The van der Waals surface area contributed by atoms with Crippen LogP contribution in [0.3, 0.4) is 0 Å². The highest BCUT2D eigenvalue weighted by Gasteiger charge is 2.30. The predicted octanol–water partition coefficient (Wildman–Crippen LogP) is 2.54. The Kier molecular flexibility index (Phi) is 6.48. The molecule has 0 bridgehead atoms. The van der Waals surface area contributed by atoms with Crippen LogP contribution >= 0.6 is 11.6 Å². The molecule has 1 aliphatic heterocycles. The fourth-order valence-electron chi connectivity index (χ4n) is 2.67. The monoisotopic (exact) mass is 373 g/mol. The number of hydrogen-bond acceptors (Lipinski definition) is 3. The summed E-state index contributed by atoms with van der Waals surface area (Å²) in [7, 11) is -3.58. The lowest BCUT2D eigenvalue weighted by Crippen LogP contribution is -2.54. The van der Waals surface area contributed by atoms with Crippen LogP contribution in [-0.2, 0) is 10.0 Å². The van der Waals surface area contributed by atoms with Crippen LogP contribution in [0.25, 0.3) is 0 Å². The molecule has 24 heavy (non-hydrogen) atoms. The van der Waals surface area contributed by atoms with E-state index in [0.717, 1.165) is 12.8 Å². The number of amides is 2. The van der Waals surface area contributed by atoms with Crippen LogP contribution in [0.5, 0.6) is 0 Å². The molecule has 1 aliphatic rings. The van der Waals surface area contributed by atoms with Crippen LogP contribution in [0.4, 0.5) is 4.79 Å². The molecular weight excluding hydrogens is 350 g/mol. The average molecular weight is 374 g/mol. The van der Waals surface area contributed by atoms with Crippen molar-refractivity contribution in [2.24, 2.45) is 0 Å². The normalized spacial score (nSPS) is 16.4. The van der Waals surface area contributed by atoms with Crippen molar-refractivity contribution in [3.63, 3.8) is 0 Å². The van der Waals surface area contributed by atoms with E-state index in [9.17, 15) is 13.2 Å². The van der Waals surface area contributed by atoms with Crippen molar-refractivity contribution in [3.8, 4) is 0 Å². The van der Waals surface area contributed by atoms with E-state index in [-0.39, 0.29) is 30.1 Å². The Bertz CT molecular complexity index is 669. The summed E-state index contributed by atoms with van der Waals surface area (Å²) < 4.78 is 26.7. The van der Waals surface area contributed by atoms with E-state index in [1.54, 1.807) is 17.0 Å². The molecule has 0 radical (unpaired) electrons. The first-order valence-corrected chi connectivity index (χ1v) is 10.0. The quantitative estimate of drug-likeness (QED) is 0.862. The molecule has 0 aliphatic carbocycles. The smallest absolute Gasteiger partial charge is 0.317 e. The summed E-state index contributed by atoms with van der Waals surface area (Å²) in [5, 5.41) is 3.37. The maximum atomic E-state index is 12.6. The number of hydrogen-bond donors (Lipinski definition) is 1. The van der Waals surface area contributed by atoms with Gasteiger partial charge in [0.05, 0.1) is 4.90 Å². The van der Waals surface area contributed by atoms with Crippen LogP contribution in [0.15, 0.2) is 29.2 Å². The molecule has 2 amide bonds. The van der Waals surface area contributed by atoms with Crippen molar-refractivity contribution >= 4 is 27.7 Å². The van der Waals surface area contributed by atoms with Gasteiger partial charge in [-0.05, 0) is 31.0 Å². The summed E-state index contributed by atoms with van der Waals surface area (Å²) in [5.41, 5.74) is 0. The van der Waals surface area contributed by atoms with Gasteiger partial charge in [-0.15, -0.1) is 0 Å². The zero-order valence-corrected chi connectivity index (χ0v) is 15.6. The number of nitrogens with zero attached hydrogens (tertiary/aromatic N) is 2. The summed E-state index contributed by atoms with van der Waals surface area (Å²) in [6.45, 7) is 5.39. The highest BCUT2D eigenvalue weighted by Crippen LogP contribution is 2.20. The molecule has 0 atom stereocenters. The minimum atomic E-state index is -3.58. The highest BCUT2D eigenvalue weighted by atomic mass is 35.5. The predicted molar refractivity (Wildman–Crippen MR) is 94.7 cm³/mol. The second-order valence-corrected chi connectivity index (χ2v) is 8.19. The Morgan fingerprint density at radius 1 is 1.21 bits per heavy atom. The zero-order valence-electron chi connectivity index (χ0n) is 14.0.